The normalized spacial score (nSPS) is 11.9. The number of nitrogens with two attached hydrogens (primary N) is 1. The van der Waals surface area contributed by atoms with E-state index in [2.05, 4.69) is 16.9 Å². The number of rotatable bonds is 8. The Labute approximate surface area is 177 Å². The summed E-state index contributed by atoms with van der Waals surface area (Å²) in [6.07, 6.45) is 2.13. The molecule has 2 rings (SSSR count). The highest BCUT2D eigenvalue weighted by Crippen LogP contribution is 2.23. The fourth-order valence-electron chi connectivity index (χ4n) is 2.85. The Morgan fingerprint density at radius 1 is 1.27 bits per heavy atom. The Hall–Kier alpha value is -3.87. The van der Waals surface area contributed by atoms with Crippen molar-refractivity contribution < 1.29 is 9.53 Å². The van der Waals surface area contributed by atoms with Gasteiger partial charge in [0.1, 0.15) is 11.6 Å². The molecule has 0 aromatic heterocycles. The topological polar surface area (TPSA) is 104 Å². The summed E-state index contributed by atoms with van der Waals surface area (Å²) in [7, 11) is 3.27. The molecule has 7 heteroatoms. The molecule has 0 aliphatic rings. The maximum atomic E-state index is 10.9. The number of aliphatic imine (C=N–C) groups is 1. The predicted octanol–water partition coefficient (Wildman–Crippen LogP) is 3.85. The Morgan fingerprint density at radius 3 is 2.47 bits per heavy atom. The highest BCUT2D eigenvalue weighted by Gasteiger charge is 2.18. The zero-order valence-corrected chi connectivity index (χ0v) is 17.7. The second kappa shape index (κ2) is 10.1. The van der Waals surface area contributed by atoms with Gasteiger partial charge in [0.05, 0.1) is 18.4 Å². The van der Waals surface area contributed by atoms with Crippen molar-refractivity contribution in [3.8, 4) is 5.75 Å². The Balaban J connectivity index is 2.41. The van der Waals surface area contributed by atoms with E-state index in [-0.39, 0.29) is 5.71 Å². The molecule has 2 aromatic rings. The quantitative estimate of drug-likeness (QED) is 0.352. The number of benzene rings is 2. The maximum absolute atomic E-state index is 10.9. The molecular formula is C23H27N5O2. The number of anilines is 2. The summed E-state index contributed by atoms with van der Waals surface area (Å²) in [5.74, 6) is 1.09. The van der Waals surface area contributed by atoms with Gasteiger partial charge >= 0.3 is 0 Å². The molecule has 30 heavy (non-hydrogen) atoms. The van der Waals surface area contributed by atoms with Crippen molar-refractivity contribution in [3.05, 3.63) is 77.6 Å². The van der Waals surface area contributed by atoms with Crippen LogP contribution in [0.2, 0.25) is 0 Å². The first kappa shape index (κ1) is 22.4. The van der Waals surface area contributed by atoms with E-state index in [1.54, 1.807) is 39.3 Å². The van der Waals surface area contributed by atoms with Gasteiger partial charge in [-0.2, -0.15) is 0 Å². The molecule has 0 spiro atoms. The van der Waals surface area contributed by atoms with Crippen LogP contribution >= 0.6 is 0 Å². The number of methoxy groups -OCH3 is 1. The van der Waals surface area contributed by atoms with Crippen LogP contribution in [-0.4, -0.2) is 32.1 Å². The summed E-state index contributed by atoms with van der Waals surface area (Å²) >= 11 is 0. The summed E-state index contributed by atoms with van der Waals surface area (Å²) in [6.45, 7) is 7.34. The minimum absolute atomic E-state index is 0.207. The second-order valence-corrected chi connectivity index (χ2v) is 6.67. The SMILES string of the molecule is C=CN=C(Nc1ccc(N(C)C=O)cc1)/C(C(=N)c1ccc(C)c(OC)c1)=C(\C)N. The molecule has 156 valence electrons. The molecule has 0 saturated heterocycles. The van der Waals surface area contributed by atoms with Gasteiger partial charge in [-0.15, -0.1) is 0 Å². The fraction of sp³-hybridized carbons (Fsp3) is 0.174. The minimum Gasteiger partial charge on any atom is -0.496 e. The largest absolute Gasteiger partial charge is 0.496 e. The van der Waals surface area contributed by atoms with Crippen LogP contribution < -0.4 is 20.7 Å². The van der Waals surface area contributed by atoms with Gasteiger partial charge in [-0.3, -0.25) is 10.2 Å². The third kappa shape index (κ3) is 5.14. The minimum atomic E-state index is 0.207. The molecule has 2 aromatic carbocycles. The van der Waals surface area contributed by atoms with Crippen molar-refractivity contribution in [1.29, 1.82) is 5.41 Å². The summed E-state index contributed by atoms with van der Waals surface area (Å²) in [6, 6.07) is 12.8. The van der Waals surface area contributed by atoms with Crippen LogP contribution in [0.15, 0.2) is 71.5 Å². The smallest absolute Gasteiger partial charge is 0.213 e. The summed E-state index contributed by atoms with van der Waals surface area (Å²) < 4.78 is 5.38. The molecule has 1 amide bonds. The molecule has 7 nitrogen and oxygen atoms in total. The Morgan fingerprint density at radius 2 is 1.93 bits per heavy atom. The maximum Gasteiger partial charge on any atom is 0.213 e. The lowest BCUT2D eigenvalue weighted by Crippen LogP contribution is -2.24. The van der Waals surface area contributed by atoms with E-state index in [0.29, 0.717) is 28.4 Å². The van der Waals surface area contributed by atoms with E-state index in [4.69, 9.17) is 15.9 Å². The number of allylic oxidation sites excluding steroid dienone is 1. The van der Waals surface area contributed by atoms with Gasteiger partial charge in [0, 0.05) is 35.9 Å². The third-order valence-electron chi connectivity index (χ3n) is 4.49. The number of hydrogen-bond donors (Lipinski definition) is 3. The van der Waals surface area contributed by atoms with Crippen molar-refractivity contribution in [2.45, 2.75) is 13.8 Å². The number of carbonyl (C=O) groups is 1. The van der Waals surface area contributed by atoms with Gasteiger partial charge in [-0.25, -0.2) is 4.99 Å². The average molecular weight is 406 g/mol. The molecule has 0 bridgehead atoms. The molecule has 0 radical (unpaired) electrons. The molecule has 0 fully saturated rings. The van der Waals surface area contributed by atoms with E-state index < -0.39 is 0 Å². The van der Waals surface area contributed by atoms with Gasteiger partial charge in [-0.05, 0) is 49.7 Å². The molecule has 4 N–H and O–H groups in total. The van der Waals surface area contributed by atoms with Crippen LogP contribution in [0.5, 0.6) is 5.75 Å². The molecule has 0 heterocycles. The van der Waals surface area contributed by atoms with Crippen LogP contribution in [0.1, 0.15) is 18.1 Å². The monoisotopic (exact) mass is 405 g/mol. The van der Waals surface area contributed by atoms with Gasteiger partial charge in [0.15, 0.2) is 0 Å². The van der Waals surface area contributed by atoms with Crippen LogP contribution in [0, 0.1) is 12.3 Å². The highest BCUT2D eigenvalue weighted by molar-refractivity contribution is 6.32. The molecule has 0 unspecified atom stereocenters. The molecule has 0 saturated carbocycles. The first-order chi connectivity index (χ1) is 14.3. The first-order valence-corrected chi connectivity index (χ1v) is 9.27. The zero-order chi connectivity index (χ0) is 22.3. The van der Waals surface area contributed by atoms with Crippen LogP contribution in [0.4, 0.5) is 11.4 Å². The fourth-order valence-corrected chi connectivity index (χ4v) is 2.85. The van der Waals surface area contributed by atoms with Crippen molar-refractivity contribution in [2.24, 2.45) is 10.7 Å². The number of amides is 1. The Bertz CT molecular complexity index is 1000. The lowest BCUT2D eigenvalue weighted by molar-refractivity contribution is -0.107. The van der Waals surface area contributed by atoms with E-state index in [1.165, 1.54) is 11.1 Å². The highest BCUT2D eigenvalue weighted by atomic mass is 16.5. The number of nitrogens with one attached hydrogen (secondary N) is 2. The van der Waals surface area contributed by atoms with Gasteiger partial charge in [0.2, 0.25) is 6.41 Å². The number of hydrogen-bond acceptors (Lipinski definition) is 5. The van der Waals surface area contributed by atoms with E-state index in [9.17, 15) is 4.79 Å². The molecule has 0 atom stereocenters. The predicted molar refractivity (Wildman–Crippen MR) is 124 cm³/mol. The number of ether oxygens (including phenoxy) is 1. The van der Waals surface area contributed by atoms with Crippen LogP contribution in [-0.2, 0) is 4.79 Å². The lowest BCUT2D eigenvalue weighted by atomic mass is 9.98. The average Bonchev–Trinajstić information content (AvgIpc) is 2.74. The summed E-state index contributed by atoms with van der Waals surface area (Å²) in [5.41, 5.74) is 10.4. The van der Waals surface area contributed by atoms with Crippen molar-refractivity contribution in [3.63, 3.8) is 0 Å². The first-order valence-electron chi connectivity index (χ1n) is 9.27. The van der Waals surface area contributed by atoms with Crippen molar-refractivity contribution >= 4 is 29.3 Å². The number of amidine groups is 1. The molecule has 0 aliphatic heterocycles. The van der Waals surface area contributed by atoms with E-state index in [1.807, 2.05) is 31.2 Å². The number of aryl methyl sites for hydroxylation is 1. The summed E-state index contributed by atoms with van der Waals surface area (Å²) in [4.78, 5) is 16.7. The van der Waals surface area contributed by atoms with E-state index >= 15 is 0 Å². The Kier molecular flexibility index (Phi) is 7.52. The summed E-state index contributed by atoms with van der Waals surface area (Å²) in [5, 5.41) is 12.0. The lowest BCUT2D eigenvalue weighted by Gasteiger charge is -2.18. The van der Waals surface area contributed by atoms with Crippen molar-refractivity contribution in [2.75, 3.05) is 24.4 Å². The third-order valence-corrected chi connectivity index (χ3v) is 4.49. The van der Waals surface area contributed by atoms with Gasteiger partial charge in [0.25, 0.3) is 0 Å². The number of nitrogens with zero attached hydrogens (tertiary/aromatic N) is 2. The van der Waals surface area contributed by atoms with Crippen LogP contribution in [0.25, 0.3) is 0 Å². The van der Waals surface area contributed by atoms with Crippen molar-refractivity contribution in [1.82, 2.24) is 0 Å². The number of carbonyl (C=O) groups excluding carboxylic acids is 1. The van der Waals surface area contributed by atoms with E-state index in [0.717, 1.165) is 23.3 Å². The second-order valence-electron chi connectivity index (χ2n) is 6.67. The van der Waals surface area contributed by atoms with Gasteiger partial charge in [-0.1, -0.05) is 18.7 Å². The van der Waals surface area contributed by atoms with Gasteiger partial charge < -0.3 is 20.7 Å². The standard InChI is InChI=1S/C23H27N5O2/c1-6-26-23(27-18-9-11-19(12-10-18)28(4)14-29)21(16(3)24)22(25)17-8-7-15(2)20(13-17)30-5/h6-14,25H,1,24H2,2-5H3,(H,26,27)/b21-16+,25-22?. The molecule has 0 aliphatic carbocycles. The van der Waals surface area contributed by atoms with Crippen LogP contribution in [0.3, 0.4) is 0 Å². The molecular weight excluding hydrogens is 378 g/mol. The zero-order valence-electron chi connectivity index (χ0n) is 17.7.